The Labute approximate surface area is 129 Å². The van der Waals surface area contributed by atoms with E-state index in [1.54, 1.807) is 0 Å². The summed E-state index contributed by atoms with van der Waals surface area (Å²) in [4.78, 5) is 10.8. The van der Waals surface area contributed by atoms with Gasteiger partial charge in [-0.2, -0.15) is 0 Å². The highest BCUT2D eigenvalue weighted by Gasteiger charge is 2.07. The third-order valence-electron chi connectivity index (χ3n) is 3.53. The molecule has 0 radical (unpaired) electrons. The van der Waals surface area contributed by atoms with E-state index in [9.17, 15) is 9.90 Å². The number of esters is 1. The zero-order chi connectivity index (χ0) is 15.8. The largest absolute Gasteiger partial charge is 0.433 e. The maximum atomic E-state index is 10.8. The topological polar surface area (TPSA) is 66.8 Å². The zero-order valence-electron chi connectivity index (χ0n) is 13.3. The fraction of sp³-hybridized carbons (Fsp3) is 0.824. The van der Waals surface area contributed by atoms with Crippen molar-refractivity contribution in [2.45, 2.75) is 83.3 Å². The molecule has 0 aliphatic rings. The summed E-state index contributed by atoms with van der Waals surface area (Å²) in [5.41, 5.74) is 0. The van der Waals surface area contributed by atoms with Gasteiger partial charge in [0.25, 0.3) is 0 Å². The van der Waals surface area contributed by atoms with Gasteiger partial charge in [0.15, 0.2) is 0 Å². The van der Waals surface area contributed by atoms with Gasteiger partial charge in [-0.3, -0.25) is 0 Å². The Balaban J connectivity index is 3.15. The summed E-state index contributed by atoms with van der Waals surface area (Å²) in [6, 6.07) is 0. The lowest BCUT2D eigenvalue weighted by molar-refractivity contribution is -0.162. The lowest BCUT2D eigenvalue weighted by atomic mass is 10.1. The Hall–Kier alpha value is -0.870. The molecule has 21 heavy (non-hydrogen) atoms. The highest BCUT2D eigenvalue weighted by atomic mass is 16.6. The van der Waals surface area contributed by atoms with Crippen LogP contribution in [0.15, 0.2) is 12.7 Å². The molecule has 0 saturated heterocycles. The van der Waals surface area contributed by atoms with Crippen molar-refractivity contribution in [3.05, 3.63) is 12.7 Å². The summed E-state index contributed by atoms with van der Waals surface area (Å²) in [5.74, 6) is -0.568. The summed E-state index contributed by atoms with van der Waals surface area (Å²) >= 11 is 0. The van der Waals surface area contributed by atoms with Crippen LogP contribution < -0.4 is 0 Å². The summed E-state index contributed by atoms with van der Waals surface area (Å²) in [5, 5.41) is 18.1. The Morgan fingerprint density at radius 2 is 1.33 bits per heavy atom. The quantitative estimate of drug-likeness (QED) is 0.209. The van der Waals surface area contributed by atoms with E-state index in [1.165, 1.54) is 44.9 Å². The van der Waals surface area contributed by atoms with Crippen LogP contribution in [-0.2, 0) is 9.53 Å². The molecule has 1 atom stereocenters. The van der Waals surface area contributed by atoms with E-state index in [1.807, 2.05) is 0 Å². The minimum Gasteiger partial charge on any atom is -0.433 e. The van der Waals surface area contributed by atoms with Crippen LogP contribution >= 0.6 is 0 Å². The third-order valence-corrected chi connectivity index (χ3v) is 3.53. The average molecular weight is 300 g/mol. The molecule has 0 rings (SSSR count). The normalized spacial score (nSPS) is 12.1. The van der Waals surface area contributed by atoms with Gasteiger partial charge in [-0.25, -0.2) is 4.79 Å². The van der Waals surface area contributed by atoms with Crippen molar-refractivity contribution >= 4 is 5.97 Å². The average Bonchev–Trinajstić information content (AvgIpc) is 2.48. The van der Waals surface area contributed by atoms with Gasteiger partial charge in [-0.05, 0) is 12.8 Å². The van der Waals surface area contributed by atoms with Crippen LogP contribution in [-0.4, -0.2) is 29.1 Å². The monoisotopic (exact) mass is 300 g/mol. The Morgan fingerprint density at radius 3 is 1.76 bits per heavy atom. The second-order valence-electron chi connectivity index (χ2n) is 5.50. The molecule has 4 heteroatoms. The van der Waals surface area contributed by atoms with E-state index in [0.717, 1.165) is 31.8 Å². The summed E-state index contributed by atoms with van der Waals surface area (Å²) in [6.07, 6.45) is 13.4. The third kappa shape index (κ3) is 15.3. The van der Waals surface area contributed by atoms with E-state index >= 15 is 0 Å². The number of aliphatic hydroxyl groups excluding tert-OH is 2. The molecular weight excluding hydrogens is 268 g/mol. The van der Waals surface area contributed by atoms with Crippen molar-refractivity contribution in [1.29, 1.82) is 0 Å². The van der Waals surface area contributed by atoms with Gasteiger partial charge in [-0.15, -0.1) is 0 Å². The molecular formula is C17H32O4. The molecule has 0 saturated carbocycles. The summed E-state index contributed by atoms with van der Waals surface area (Å²) in [7, 11) is 0. The Morgan fingerprint density at radius 1 is 0.905 bits per heavy atom. The lowest BCUT2D eigenvalue weighted by Gasteiger charge is -2.10. The number of rotatable bonds is 15. The maximum absolute atomic E-state index is 10.8. The summed E-state index contributed by atoms with van der Waals surface area (Å²) < 4.78 is 4.68. The van der Waals surface area contributed by atoms with Crippen LogP contribution in [0.3, 0.4) is 0 Å². The molecule has 0 bridgehead atoms. The van der Waals surface area contributed by atoms with E-state index < -0.39 is 12.3 Å². The molecule has 0 heterocycles. The van der Waals surface area contributed by atoms with Crippen molar-refractivity contribution < 1.29 is 19.7 Å². The number of aliphatic hydroxyl groups is 2. The van der Waals surface area contributed by atoms with Gasteiger partial charge in [0.05, 0.1) is 0 Å². The van der Waals surface area contributed by atoms with Crippen molar-refractivity contribution in [3.63, 3.8) is 0 Å². The zero-order valence-corrected chi connectivity index (χ0v) is 13.3. The Kier molecular flexibility index (Phi) is 14.9. The minimum atomic E-state index is -0.991. The first-order chi connectivity index (χ1) is 10.2. The van der Waals surface area contributed by atoms with Crippen molar-refractivity contribution in [2.75, 3.05) is 6.61 Å². The number of hydrogen-bond donors (Lipinski definition) is 2. The molecule has 0 amide bonds. The highest BCUT2D eigenvalue weighted by Crippen LogP contribution is 2.12. The van der Waals surface area contributed by atoms with Crippen LogP contribution in [0, 0.1) is 0 Å². The molecule has 124 valence electrons. The van der Waals surface area contributed by atoms with Crippen molar-refractivity contribution in [2.24, 2.45) is 0 Å². The highest BCUT2D eigenvalue weighted by molar-refractivity contribution is 5.81. The second kappa shape index (κ2) is 15.5. The van der Waals surface area contributed by atoms with Gasteiger partial charge >= 0.3 is 5.97 Å². The first-order valence-electron chi connectivity index (χ1n) is 8.32. The maximum Gasteiger partial charge on any atom is 0.332 e. The molecule has 0 fully saturated rings. The van der Waals surface area contributed by atoms with Crippen LogP contribution in [0.5, 0.6) is 0 Å². The number of ether oxygens (including phenoxy) is 1. The van der Waals surface area contributed by atoms with E-state index in [0.29, 0.717) is 13.0 Å². The first kappa shape index (κ1) is 20.1. The fourth-order valence-corrected chi connectivity index (χ4v) is 2.26. The smallest absolute Gasteiger partial charge is 0.332 e. The Bertz CT molecular complexity index is 253. The molecule has 2 N–H and O–H groups in total. The van der Waals surface area contributed by atoms with Crippen LogP contribution in [0.4, 0.5) is 0 Å². The number of hydrogen-bond acceptors (Lipinski definition) is 4. The molecule has 0 aromatic carbocycles. The van der Waals surface area contributed by atoms with E-state index in [2.05, 4.69) is 11.3 Å². The molecule has 0 aromatic rings. The first-order valence-corrected chi connectivity index (χ1v) is 8.32. The van der Waals surface area contributed by atoms with Gasteiger partial charge in [0.1, 0.15) is 0 Å². The van der Waals surface area contributed by atoms with Crippen LogP contribution in [0.25, 0.3) is 0 Å². The minimum absolute atomic E-state index is 0.321. The molecule has 0 spiro atoms. The predicted octanol–water partition coefficient (Wildman–Crippen LogP) is 3.71. The van der Waals surface area contributed by atoms with Gasteiger partial charge in [0.2, 0.25) is 6.29 Å². The van der Waals surface area contributed by atoms with Crippen LogP contribution in [0.2, 0.25) is 0 Å². The van der Waals surface area contributed by atoms with Crippen molar-refractivity contribution in [3.8, 4) is 0 Å². The van der Waals surface area contributed by atoms with E-state index in [4.69, 9.17) is 5.11 Å². The lowest BCUT2D eigenvalue weighted by Crippen LogP contribution is -2.15. The molecule has 0 aliphatic carbocycles. The predicted molar refractivity (Wildman–Crippen MR) is 84.8 cm³/mol. The number of carbonyl (C=O) groups is 1. The van der Waals surface area contributed by atoms with Gasteiger partial charge < -0.3 is 14.9 Å². The van der Waals surface area contributed by atoms with E-state index in [-0.39, 0.29) is 0 Å². The number of unbranched alkanes of at least 4 members (excludes halogenated alkanes) is 10. The van der Waals surface area contributed by atoms with Gasteiger partial charge in [0, 0.05) is 19.1 Å². The van der Waals surface area contributed by atoms with Gasteiger partial charge in [-0.1, -0.05) is 64.4 Å². The van der Waals surface area contributed by atoms with Crippen molar-refractivity contribution in [1.82, 2.24) is 0 Å². The summed E-state index contributed by atoms with van der Waals surface area (Å²) in [6.45, 7) is 3.60. The number of carbonyl (C=O) groups excluding carboxylic acids is 1. The molecule has 4 nitrogen and oxygen atoms in total. The molecule has 1 unspecified atom stereocenters. The standard InChI is InChI=1S/C17H32O4/c1-2-16(19)21-17(20)14-12-10-8-6-4-3-5-7-9-11-13-15-18/h2,17-18,20H,1,3-15H2. The molecule has 0 aromatic heterocycles. The van der Waals surface area contributed by atoms with Crippen LogP contribution in [0.1, 0.15) is 77.0 Å². The molecule has 0 aliphatic heterocycles. The fourth-order valence-electron chi connectivity index (χ4n) is 2.26. The SMILES string of the molecule is C=CC(=O)OC(O)CCCCCCCCCCCCCO. The second-order valence-corrected chi connectivity index (χ2v) is 5.50.